The van der Waals surface area contributed by atoms with Gasteiger partial charge >= 0.3 is 0 Å². The second kappa shape index (κ2) is 8.00. The molecular formula is C24H18N4OS. The molecule has 146 valence electrons. The SMILES string of the molecule is O=C1/C(=C\c2ccccc2)SC(=Nc2ccccc2)N1Cc1nc2ccccc2[nH]1. The fourth-order valence-corrected chi connectivity index (χ4v) is 4.27. The molecule has 5 rings (SSSR count). The van der Waals surface area contributed by atoms with Crippen molar-refractivity contribution in [2.24, 2.45) is 4.99 Å². The first-order valence-electron chi connectivity index (χ1n) is 9.60. The minimum Gasteiger partial charge on any atom is -0.340 e. The standard InChI is InChI=1S/C24H18N4OS/c29-23-21(15-17-9-3-1-4-10-17)30-24(25-18-11-5-2-6-12-18)28(23)16-22-26-19-13-7-8-14-20(19)27-22/h1-15H,16H2,(H,26,27)/b21-15+,25-24?. The van der Waals surface area contributed by atoms with Gasteiger partial charge in [0.1, 0.15) is 5.82 Å². The number of thioether (sulfide) groups is 1. The first-order valence-corrected chi connectivity index (χ1v) is 10.4. The van der Waals surface area contributed by atoms with E-state index < -0.39 is 0 Å². The highest BCUT2D eigenvalue weighted by atomic mass is 32.2. The van der Waals surface area contributed by atoms with Crippen LogP contribution in [0.3, 0.4) is 0 Å². The summed E-state index contributed by atoms with van der Waals surface area (Å²) in [6, 6.07) is 27.4. The number of hydrogen-bond acceptors (Lipinski definition) is 4. The van der Waals surface area contributed by atoms with Crippen LogP contribution in [0.2, 0.25) is 0 Å². The van der Waals surface area contributed by atoms with E-state index in [0.29, 0.717) is 16.6 Å². The van der Waals surface area contributed by atoms with Crippen LogP contribution in [0.15, 0.2) is 94.8 Å². The lowest BCUT2D eigenvalue weighted by molar-refractivity contribution is -0.122. The first-order chi connectivity index (χ1) is 14.8. The number of nitrogens with one attached hydrogen (secondary N) is 1. The molecule has 5 nitrogen and oxygen atoms in total. The molecule has 30 heavy (non-hydrogen) atoms. The topological polar surface area (TPSA) is 61.4 Å². The third kappa shape index (κ3) is 3.77. The molecule has 1 aliphatic heterocycles. The molecule has 1 aliphatic rings. The van der Waals surface area contributed by atoms with E-state index >= 15 is 0 Å². The minimum absolute atomic E-state index is 0.0704. The summed E-state index contributed by atoms with van der Waals surface area (Å²) < 4.78 is 0. The second-order valence-corrected chi connectivity index (χ2v) is 7.85. The third-order valence-corrected chi connectivity index (χ3v) is 5.72. The van der Waals surface area contributed by atoms with Crippen molar-refractivity contribution in [2.75, 3.05) is 0 Å². The number of benzene rings is 3. The summed E-state index contributed by atoms with van der Waals surface area (Å²) >= 11 is 1.39. The van der Waals surface area contributed by atoms with Crippen LogP contribution < -0.4 is 0 Å². The van der Waals surface area contributed by atoms with Crippen LogP contribution in [-0.2, 0) is 11.3 Å². The number of amides is 1. The number of para-hydroxylation sites is 3. The summed E-state index contributed by atoms with van der Waals surface area (Å²) in [7, 11) is 0. The van der Waals surface area contributed by atoms with E-state index in [-0.39, 0.29) is 5.91 Å². The van der Waals surface area contributed by atoms with Crippen LogP contribution in [-0.4, -0.2) is 25.9 Å². The van der Waals surface area contributed by atoms with Crippen LogP contribution >= 0.6 is 11.8 Å². The Kier molecular flexibility index (Phi) is 4.91. The number of carbonyl (C=O) groups is 1. The Labute approximate surface area is 178 Å². The van der Waals surface area contributed by atoms with Gasteiger partial charge in [-0.25, -0.2) is 9.98 Å². The molecule has 1 saturated heterocycles. The Morgan fingerprint density at radius 3 is 2.40 bits per heavy atom. The number of aliphatic imine (C=N–C) groups is 1. The van der Waals surface area contributed by atoms with Crippen LogP contribution in [0.1, 0.15) is 11.4 Å². The van der Waals surface area contributed by atoms with Crippen molar-refractivity contribution >= 4 is 45.6 Å². The molecule has 0 unspecified atom stereocenters. The highest BCUT2D eigenvalue weighted by Gasteiger charge is 2.34. The van der Waals surface area contributed by atoms with Gasteiger partial charge in [0.05, 0.1) is 28.2 Å². The van der Waals surface area contributed by atoms with E-state index in [1.54, 1.807) is 4.90 Å². The van der Waals surface area contributed by atoms with Crippen molar-refractivity contribution in [3.63, 3.8) is 0 Å². The fraction of sp³-hybridized carbons (Fsp3) is 0.0417. The lowest BCUT2D eigenvalue weighted by Crippen LogP contribution is -2.29. The molecule has 0 radical (unpaired) electrons. The maximum atomic E-state index is 13.2. The molecule has 0 spiro atoms. The highest BCUT2D eigenvalue weighted by Crippen LogP contribution is 2.35. The Balaban J connectivity index is 1.51. The monoisotopic (exact) mass is 410 g/mol. The lowest BCUT2D eigenvalue weighted by atomic mass is 10.2. The lowest BCUT2D eigenvalue weighted by Gasteiger charge is -2.13. The van der Waals surface area contributed by atoms with Gasteiger partial charge in [-0.05, 0) is 47.7 Å². The van der Waals surface area contributed by atoms with Crippen LogP contribution in [0.4, 0.5) is 5.69 Å². The number of aromatic nitrogens is 2. The number of rotatable bonds is 4. The smallest absolute Gasteiger partial charge is 0.267 e. The average molecular weight is 411 g/mol. The zero-order valence-electron chi connectivity index (χ0n) is 16.0. The van der Waals surface area contributed by atoms with Crippen molar-refractivity contribution in [3.8, 4) is 0 Å². The minimum atomic E-state index is -0.0704. The molecule has 0 aliphatic carbocycles. The van der Waals surface area contributed by atoms with Crippen molar-refractivity contribution in [3.05, 3.63) is 101 Å². The van der Waals surface area contributed by atoms with Gasteiger partial charge < -0.3 is 4.98 Å². The summed E-state index contributed by atoms with van der Waals surface area (Å²) in [6.45, 7) is 0.332. The Morgan fingerprint density at radius 2 is 1.63 bits per heavy atom. The molecule has 3 aromatic carbocycles. The predicted octanol–water partition coefficient (Wildman–Crippen LogP) is 5.37. The van der Waals surface area contributed by atoms with Crippen molar-refractivity contribution in [1.82, 2.24) is 14.9 Å². The number of fused-ring (bicyclic) bond motifs is 1. The Morgan fingerprint density at radius 1 is 0.933 bits per heavy atom. The maximum Gasteiger partial charge on any atom is 0.267 e. The molecule has 1 aromatic heterocycles. The maximum absolute atomic E-state index is 13.2. The number of hydrogen-bond donors (Lipinski definition) is 1. The molecule has 2 heterocycles. The van der Waals surface area contributed by atoms with Gasteiger partial charge in [0.15, 0.2) is 5.17 Å². The quantitative estimate of drug-likeness (QED) is 0.460. The summed E-state index contributed by atoms with van der Waals surface area (Å²) in [5, 5.41) is 0.647. The zero-order valence-corrected chi connectivity index (χ0v) is 16.8. The number of aromatic amines is 1. The largest absolute Gasteiger partial charge is 0.340 e. The summed E-state index contributed by atoms with van der Waals surface area (Å²) in [6.07, 6.45) is 1.91. The van der Waals surface area contributed by atoms with Gasteiger partial charge in [0.25, 0.3) is 5.91 Å². The number of H-pyrrole nitrogens is 1. The first kappa shape index (κ1) is 18.4. The third-order valence-electron chi connectivity index (χ3n) is 4.71. The van der Waals surface area contributed by atoms with Crippen LogP contribution in [0, 0.1) is 0 Å². The number of nitrogens with zero attached hydrogens (tertiary/aromatic N) is 3. The van der Waals surface area contributed by atoms with E-state index in [1.807, 2.05) is 91.0 Å². The van der Waals surface area contributed by atoms with Crippen molar-refractivity contribution in [2.45, 2.75) is 6.54 Å². The summed E-state index contributed by atoms with van der Waals surface area (Å²) in [5.41, 5.74) is 3.63. The molecule has 0 bridgehead atoms. The number of imidazole rings is 1. The highest BCUT2D eigenvalue weighted by molar-refractivity contribution is 8.18. The van der Waals surface area contributed by atoms with Gasteiger partial charge in [0, 0.05) is 0 Å². The van der Waals surface area contributed by atoms with Gasteiger partial charge in [-0.2, -0.15) is 0 Å². The van der Waals surface area contributed by atoms with Gasteiger partial charge in [-0.15, -0.1) is 0 Å². The zero-order chi connectivity index (χ0) is 20.3. The summed E-state index contributed by atoms with van der Waals surface area (Å²) in [4.78, 5) is 28.2. The van der Waals surface area contributed by atoms with Crippen LogP contribution in [0.5, 0.6) is 0 Å². The normalized spacial score (nSPS) is 16.8. The molecular weight excluding hydrogens is 392 g/mol. The Bertz CT molecular complexity index is 1230. The van der Waals surface area contributed by atoms with Gasteiger partial charge in [-0.1, -0.05) is 60.7 Å². The van der Waals surface area contributed by atoms with Crippen LogP contribution in [0.25, 0.3) is 17.1 Å². The fourth-order valence-electron chi connectivity index (χ4n) is 3.27. The number of amidine groups is 1. The van der Waals surface area contributed by atoms with E-state index in [0.717, 1.165) is 28.1 Å². The average Bonchev–Trinajstić information content (AvgIpc) is 3.31. The van der Waals surface area contributed by atoms with Crippen molar-refractivity contribution in [1.29, 1.82) is 0 Å². The molecule has 1 N–H and O–H groups in total. The van der Waals surface area contributed by atoms with E-state index in [2.05, 4.69) is 9.97 Å². The molecule has 6 heteroatoms. The van der Waals surface area contributed by atoms with E-state index in [1.165, 1.54) is 11.8 Å². The number of carbonyl (C=O) groups excluding carboxylic acids is 1. The predicted molar refractivity (Wildman–Crippen MR) is 122 cm³/mol. The van der Waals surface area contributed by atoms with E-state index in [4.69, 9.17) is 4.99 Å². The molecule has 0 atom stereocenters. The van der Waals surface area contributed by atoms with E-state index in [9.17, 15) is 4.79 Å². The second-order valence-electron chi connectivity index (χ2n) is 6.84. The molecule has 4 aromatic rings. The van der Waals surface area contributed by atoms with Gasteiger partial charge in [-0.3, -0.25) is 9.69 Å². The Hall–Kier alpha value is -3.64. The summed E-state index contributed by atoms with van der Waals surface area (Å²) in [5.74, 6) is 0.658. The molecule has 1 fully saturated rings. The molecule has 0 saturated carbocycles. The van der Waals surface area contributed by atoms with Crippen molar-refractivity contribution < 1.29 is 4.79 Å². The molecule has 1 amide bonds. The van der Waals surface area contributed by atoms with Gasteiger partial charge in [0.2, 0.25) is 0 Å².